The fourth-order valence-corrected chi connectivity index (χ4v) is 2.99. The summed E-state index contributed by atoms with van der Waals surface area (Å²) in [5.74, 6) is 0.297. The van der Waals surface area contributed by atoms with E-state index >= 15 is 0 Å². The maximum atomic E-state index is 12.2. The van der Waals surface area contributed by atoms with Gasteiger partial charge < -0.3 is 9.84 Å². The van der Waals surface area contributed by atoms with Crippen LogP contribution < -0.4 is 9.46 Å². The number of ether oxygens (including phenoxy) is 1. The molecule has 0 atom stereocenters. The maximum absolute atomic E-state index is 12.2. The average molecular weight is 322 g/mol. The summed E-state index contributed by atoms with van der Waals surface area (Å²) in [6.45, 7) is 4.25. The van der Waals surface area contributed by atoms with E-state index in [1.165, 1.54) is 6.07 Å². The van der Waals surface area contributed by atoms with Gasteiger partial charge >= 0.3 is 0 Å². The molecular formula is C13H20ClNO4S. The first-order chi connectivity index (χ1) is 9.42. The van der Waals surface area contributed by atoms with Gasteiger partial charge in [-0.25, -0.2) is 13.1 Å². The molecule has 0 saturated carbocycles. The van der Waals surface area contributed by atoms with Crippen LogP contribution in [0.25, 0.3) is 0 Å². The number of nitrogens with one attached hydrogen (secondary N) is 1. The second kappa shape index (κ2) is 7.83. The summed E-state index contributed by atoms with van der Waals surface area (Å²) in [7, 11) is -3.70. The molecule has 1 aromatic rings. The SMILES string of the molecule is CCCOc1cc(C)c(Cl)cc1S(=O)(=O)NCCCO. The van der Waals surface area contributed by atoms with Gasteiger partial charge in [-0.05, 0) is 37.5 Å². The average Bonchev–Trinajstić information content (AvgIpc) is 2.39. The van der Waals surface area contributed by atoms with E-state index in [0.29, 0.717) is 23.8 Å². The van der Waals surface area contributed by atoms with Crippen LogP contribution in [0.4, 0.5) is 0 Å². The highest BCUT2D eigenvalue weighted by atomic mass is 35.5. The second-order valence-electron chi connectivity index (χ2n) is 4.37. The largest absolute Gasteiger partial charge is 0.492 e. The number of benzene rings is 1. The number of sulfonamides is 1. The third-order valence-electron chi connectivity index (χ3n) is 2.60. The van der Waals surface area contributed by atoms with Crippen molar-refractivity contribution in [1.82, 2.24) is 4.72 Å². The summed E-state index contributed by atoms with van der Waals surface area (Å²) < 4.78 is 32.3. The summed E-state index contributed by atoms with van der Waals surface area (Å²) in [6.07, 6.45) is 1.13. The Hall–Kier alpha value is -0.820. The third kappa shape index (κ3) is 4.63. The number of aryl methyl sites for hydroxylation is 1. The number of hydrogen-bond donors (Lipinski definition) is 2. The van der Waals surface area contributed by atoms with Gasteiger partial charge in [0.05, 0.1) is 6.61 Å². The van der Waals surface area contributed by atoms with Crippen LogP contribution in [-0.4, -0.2) is 33.3 Å². The van der Waals surface area contributed by atoms with Crippen molar-refractivity contribution in [3.8, 4) is 5.75 Å². The molecule has 114 valence electrons. The Morgan fingerprint density at radius 2 is 2.10 bits per heavy atom. The van der Waals surface area contributed by atoms with Crippen LogP contribution in [0, 0.1) is 6.92 Å². The molecule has 7 heteroatoms. The molecule has 0 amide bonds. The number of halogens is 1. The summed E-state index contributed by atoms with van der Waals surface area (Å²) in [6, 6.07) is 3.02. The van der Waals surface area contributed by atoms with Crippen molar-refractivity contribution < 1.29 is 18.3 Å². The lowest BCUT2D eigenvalue weighted by molar-refractivity contribution is 0.289. The minimum Gasteiger partial charge on any atom is -0.492 e. The number of aliphatic hydroxyl groups excluding tert-OH is 1. The normalized spacial score (nSPS) is 11.6. The summed E-state index contributed by atoms with van der Waals surface area (Å²) in [4.78, 5) is 0.0273. The van der Waals surface area contributed by atoms with E-state index in [1.807, 2.05) is 6.92 Å². The molecule has 0 aliphatic carbocycles. The van der Waals surface area contributed by atoms with Gasteiger partial charge in [-0.2, -0.15) is 0 Å². The molecule has 5 nitrogen and oxygen atoms in total. The fourth-order valence-electron chi connectivity index (χ4n) is 1.53. The van der Waals surface area contributed by atoms with E-state index in [2.05, 4.69) is 4.72 Å². The van der Waals surface area contributed by atoms with Crippen molar-refractivity contribution in [2.45, 2.75) is 31.6 Å². The van der Waals surface area contributed by atoms with Gasteiger partial charge in [0, 0.05) is 18.2 Å². The Balaban J connectivity index is 3.10. The van der Waals surface area contributed by atoms with Gasteiger partial charge in [0.2, 0.25) is 10.0 Å². The van der Waals surface area contributed by atoms with Crippen molar-refractivity contribution in [2.75, 3.05) is 19.8 Å². The molecule has 0 saturated heterocycles. The first-order valence-corrected chi connectivity index (χ1v) is 8.32. The molecule has 0 heterocycles. The molecule has 0 aromatic heterocycles. The van der Waals surface area contributed by atoms with Gasteiger partial charge in [0.25, 0.3) is 0 Å². The molecule has 0 bridgehead atoms. The first-order valence-electron chi connectivity index (χ1n) is 6.45. The highest BCUT2D eigenvalue weighted by molar-refractivity contribution is 7.89. The van der Waals surface area contributed by atoms with E-state index in [-0.39, 0.29) is 18.0 Å². The topological polar surface area (TPSA) is 75.6 Å². The minimum absolute atomic E-state index is 0.0273. The number of hydrogen-bond acceptors (Lipinski definition) is 4. The Kier molecular flexibility index (Phi) is 6.75. The van der Waals surface area contributed by atoms with Crippen LogP contribution in [0.1, 0.15) is 25.3 Å². The maximum Gasteiger partial charge on any atom is 0.244 e. The number of rotatable bonds is 8. The molecule has 2 N–H and O–H groups in total. The van der Waals surface area contributed by atoms with Crippen LogP contribution in [0.2, 0.25) is 5.02 Å². The van der Waals surface area contributed by atoms with Crippen molar-refractivity contribution >= 4 is 21.6 Å². The summed E-state index contributed by atoms with van der Waals surface area (Å²) in [5.41, 5.74) is 0.757. The predicted octanol–water partition coefficient (Wildman–Crippen LogP) is 2.10. The smallest absolute Gasteiger partial charge is 0.244 e. The Morgan fingerprint density at radius 1 is 1.40 bits per heavy atom. The third-order valence-corrected chi connectivity index (χ3v) is 4.49. The predicted molar refractivity (Wildman–Crippen MR) is 78.9 cm³/mol. The lowest BCUT2D eigenvalue weighted by atomic mass is 10.2. The van der Waals surface area contributed by atoms with Gasteiger partial charge in [-0.3, -0.25) is 0 Å². The fraction of sp³-hybridized carbons (Fsp3) is 0.538. The Labute approximate surface area is 125 Å². The lowest BCUT2D eigenvalue weighted by Crippen LogP contribution is -2.26. The molecule has 0 fully saturated rings. The van der Waals surface area contributed by atoms with Crippen LogP contribution >= 0.6 is 11.6 Å². The molecule has 1 rings (SSSR count). The Morgan fingerprint density at radius 3 is 2.70 bits per heavy atom. The molecule has 0 radical (unpaired) electrons. The van der Waals surface area contributed by atoms with Gasteiger partial charge in [0.1, 0.15) is 10.6 Å². The molecule has 0 aliphatic heterocycles. The monoisotopic (exact) mass is 321 g/mol. The zero-order valence-corrected chi connectivity index (χ0v) is 13.2. The highest BCUT2D eigenvalue weighted by Crippen LogP contribution is 2.30. The van der Waals surface area contributed by atoms with E-state index in [9.17, 15) is 8.42 Å². The lowest BCUT2D eigenvalue weighted by Gasteiger charge is -2.14. The van der Waals surface area contributed by atoms with Gasteiger partial charge in [-0.1, -0.05) is 18.5 Å². The van der Waals surface area contributed by atoms with E-state index in [1.54, 1.807) is 13.0 Å². The quantitative estimate of drug-likeness (QED) is 0.719. The van der Waals surface area contributed by atoms with Crippen molar-refractivity contribution in [3.63, 3.8) is 0 Å². The molecule has 1 aromatic carbocycles. The summed E-state index contributed by atoms with van der Waals surface area (Å²) >= 11 is 6.00. The summed E-state index contributed by atoms with van der Waals surface area (Å²) in [5, 5.41) is 9.08. The number of aliphatic hydroxyl groups is 1. The van der Waals surface area contributed by atoms with Crippen molar-refractivity contribution in [3.05, 3.63) is 22.7 Å². The van der Waals surface area contributed by atoms with Gasteiger partial charge in [0.15, 0.2) is 0 Å². The van der Waals surface area contributed by atoms with Crippen LogP contribution in [0.15, 0.2) is 17.0 Å². The first kappa shape index (κ1) is 17.2. The highest BCUT2D eigenvalue weighted by Gasteiger charge is 2.21. The molecule has 0 aliphatic rings. The van der Waals surface area contributed by atoms with Crippen molar-refractivity contribution in [2.24, 2.45) is 0 Å². The minimum atomic E-state index is -3.70. The zero-order valence-electron chi connectivity index (χ0n) is 11.6. The van der Waals surface area contributed by atoms with Crippen LogP contribution in [0.3, 0.4) is 0 Å². The molecular weight excluding hydrogens is 302 g/mol. The zero-order chi connectivity index (χ0) is 15.2. The standard InChI is InChI=1S/C13H20ClNO4S/c1-3-7-19-12-8-10(2)11(14)9-13(12)20(17,18)15-5-4-6-16/h8-9,15-16H,3-7H2,1-2H3. The van der Waals surface area contributed by atoms with E-state index in [4.69, 9.17) is 21.4 Å². The van der Waals surface area contributed by atoms with Gasteiger partial charge in [-0.15, -0.1) is 0 Å². The molecule has 20 heavy (non-hydrogen) atoms. The molecule has 0 unspecified atom stereocenters. The van der Waals surface area contributed by atoms with E-state index < -0.39 is 10.0 Å². The van der Waals surface area contributed by atoms with Crippen molar-refractivity contribution in [1.29, 1.82) is 0 Å². The molecule has 0 spiro atoms. The van der Waals surface area contributed by atoms with E-state index in [0.717, 1.165) is 12.0 Å². The van der Waals surface area contributed by atoms with Crippen LogP contribution in [-0.2, 0) is 10.0 Å². The Bertz CT molecular complexity index is 546. The van der Waals surface area contributed by atoms with Crippen LogP contribution in [0.5, 0.6) is 5.75 Å². The second-order valence-corrected chi connectivity index (χ2v) is 6.51.